The van der Waals surface area contributed by atoms with E-state index in [4.69, 9.17) is 4.74 Å². The van der Waals surface area contributed by atoms with E-state index in [-0.39, 0.29) is 12.0 Å². The van der Waals surface area contributed by atoms with E-state index in [1.807, 2.05) is 55.5 Å². The Morgan fingerprint density at radius 2 is 2.04 bits per heavy atom. The predicted octanol–water partition coefficient (Wildman–Crippen LogP) is 3.93. The van der Waals surface area contributed by atoms with Gasteiger partial charge in [0.2, 0.25) is 5.96 Å². The lowest BCUT2D eigenvalue weighted by atomic mass is 10.1. The van der Waals surface area contributed by atoms with Crippen LogP contribution in [0.2, 0.25) is 0 Å². The number of rotatable bonds is 5. The van der Waals surface area contributed by atoms with Crippen LogP contribution in [0.25, 0.3) is 0 Å². The average molecular weight is 365 g/mol. The van der Waals surface area contributed by atoms with E-state index in [0.717, 1.165) is 37.1 Å². The molecule has 5 heteroatoms. The van der Waals surface area contributed by atoms with Crippen LogP contribution in [0.5, 0.6) is 0 Å². The third kappa shape index (κ3) is 5.66. The number of anilines is 1. The molecule has 0 radical (unpaired) electrons. The summed E-state index contributed by atoms with van der Waals surface area (Å²) in [5.41, 5.74) is 3.85. The largest absolute Gasteiger partial charge is 0.376 e. The highest BCUT2D eigenvalue weighted by atomic mass is 16.5. The lowest BCUT2D eigenvalue weighted by Gasteiger charge is -2.14. The topological polar surface area (TPSA) is 62.7 Å². The molecule has 142 valence electrons. The Bertz CT molecular complexity index is 793. The highest BCUT2D eigenvalue weighted by molar-refractivity contribution is 6.10. The number of benzene rings is 2. The molecule has 2 N–H and O–H groups in total. The van der Waals surface area contributed by atoms with Gasteiger partial charge < -0.3 is 10.1 Å². The van der Waals surface area contributed by atoms with Gasteiger partial charge in [-0.2, -0.15) is 0 Å². The number of amides is 1. The summed E-state index contributed by atoms with van der Waals surface area (Å²) >= 11 is 0. The monoisotopic (exact) mass is 365 g/mol. The summed E-state index contributed by atoms with van der Waals surface area (Å²) < 4.78 is 5.64. The summed E-state index contributed by atoms with van der Waals surface area (Å²) in [6, 6.07) is 15.6. The van der Waals surface area contributed by atoms with Crippen molar-refractivity contribution in [1.82, 2.24) is 5.32 Å². The maximum Gasteiger partial charge on any atom is 0.257 e. The number of nitrogens with zero attached hydrogens (tertiary/aromatic N) is 1. The van der Waals surface area contributed by atoms with Crippen molar-refractivity contribution in [3.63, 3.8) is 0 Å². The minimum atomic E-state index is -0.177. The van der Waals surface area contributed by atoms with E-state index in [1.54, 1.807) is 0 Å². The first-order chi connectivity index (χ1) is 13.1. The first-order valence-electron chi connectivity index (χ1n) is 9.54. The summed E-state index contributed by atoms with van der Waals surface area (Å²) in [6.07, 6.45) is 3.15. The van der Waals surface area contributed by atoms with E-state index in [1.165, 1.54) is 5.56 Å². The maximum atomic E-state index is 12.6. The van der Waals surface area contributed by atoms with Gasteiger partial charge in [-0.1, -0.05) is 31.2 Å². The van der Waals surface area contributed by atoms with E-state index in [2.05, 4.69) is 22.5 Å². The molecule has 3 rings (SSSR count). The number of hydrogen-bond donors (Lipinski definition) is 2. The van der Waals surface area contributed by atoms with Crippen molar-refractivity contribution in [1.29, 1.82) is 0 Å². The van der Waals surface area contributed by atoms with Gasteiger partial charge in [-0.3, -0.25) is 10.1 Å². The molecule has 27 heavy (non-hydrogen) atoms. The fourth-order valence-corrected chi connectivity index (χ4v) is 3.02. The summed E-state index contributed by atoms with van der Waals surface area (Å²) in [4.78, 5) is 17.2. The smallest absolute Gasteiger partial charge is 0.257 e. The molecular weight excluding hydrogens is 338 g/mol. The van der Waals surface area contributed by atoms with Crippen LogP contribution in [0.1, 0.15) is 41.3 Å². The Hall–Kier alpha value is -2.66. The van der Waals surface area contributed by atoms with Crippen LogP contribution in [0.4, 0.5) is 5.69 Å². The second-order valence-corrected chi connectivity index (χ2v) is 6.82. The fourth-order valence-electron chi connectivity index (χ4n) is 3.02. The number of carbonyl (C=O) groups is 1. The standard InChI is InChI=1S/C22H27N3O2/c1-3-17-9-11-18(12-10-17)21(26)25-22(23-15-20-8-5-13-27-20)24-19-7-4-6-16(2)14-19/h4,6-7,9-12,14,20H,3,5,8,13,15H2,1-2H3,(H2,23,24,25,26)/t20-/m1/s1. The molecule has 1 atom stereocenters. The minimum Gasteiger partial charge on any atom is -0.376 e. The van der Waals surface area contributed by atoms with Crippen molar-refractivity contribution >= 4 is 17.6 Å². The van der Waals surface area contributed by atoms with Crippen LogP contribution in [0, 0.1) is 6.92 Å². The molecule has 2 aromatic carbocycles. The van der Waals surface area contributed by atoms with Crippen molar-refractivity contribution in [2.24, 2.45) is 4.99 Å². The third-order valence-corrected chi connectivity index (χ3v) is 4.61. The molecule has 0 unspecified atom stereocenters. The Kier molecular flexibility index (Phi) is 6.60. The molecule has 1 fully saturated rings. The van der Waals surface area contributed by atoms with Gasteiger partial charge in [0.15, 0.2) is 0 Å². The number of aliphatic imine (C=N–C) groups is 1. The number of carbonyl (C=O) groups excluding carboxylic acids is 1. The number of nitrogens with one attached hydrogen (secondary N) is 2. The maximum absolute atomic E-state index is 12.6. The van der Waals surface area contributed by atoms with Gasteiger partial charge in [-0.25, -0.2) is 4.99 Å². The Labute approximate surface area is 160 Å². The number of ether oxygens (including phenoxy) is 1. The zero-order valence-electron chi connectivity index (χ0n) is 16.0. The molecule has 1 aliphatic heterocycles. The molecule has 0 aliphatic carbocycles. The van der Waals surface area contributed by atoms with Gasteiger partial charge >= 0.3 is 0 Å². The second-order valence-electron chi connectivity index (χ2n) is 6.82. The summed E-state index contributed by atoms with van der Waals surface area (Å²) in [5, 5.41) is 6.14. The van der Waals surface area contributed by atoms with Gasteiger partial charge in [0, 0.05) is 17.9 Å². The van der Waals surface area contributed by atoms with Crippen LogP contribution in [0.15, 0.2) is 53.5 Å². The highest BCUT2D eigenvalue weighted by Crippen LogP contribution is 2.13. The molecule has 0 bridgehead atoms. The zero-order valence-corrected chi connectivity index (χ0v) is 16.0. The molecule has 2 aromatic rings. The molecule has 1 amide bonds. The summed E-state index contributed by atoms with van der Waals surface area (Å²) in [7, 11) is 0. The predicted molar refractivity (Wildman–Crippen MR) is 109 cm³/mol. The Morgan fingerprint density at radius 1 is 1.22 bits per heavy atom. The van der Waals surface area contributed by atoms with Gasteiger partial charge in [0.25, 0.3) is 5.91 Å². The van der Waals surface area contributed by atoms with Crippen LogP contribution in [0.3, 0.4) is 0 Å². The first kappa shape index (κ1) is 19.1. The molecule has 1 heterocycles. The molecular formula is C22H27N3O2. The highest BCUT2D eigenvalue weighted by Gasteiger charge is 2.16. The molecule has 0 spiro atoms. The Morgan fingerprint density at radius 3 is 2.70 bits per heavy atom. The quantitative estimate of drug-likeness (QED) is 0.623. The number of guanidine groups is 1. The van der Waals surface area contributed by atoms with Crippen LogP contribution in [-0.2, 0) is 11.2 Å². The molecule has 1 saturated heterocycles. The number of hydrogen-bond acceptors (Lipinski definition) is 3. The lowest BCUT2D eigenvalue weighted by Crippen LogP contribution is -2.36. The van der Waals surface area contributed by atoms with Crippen molar-refractivity contribution < 1.29 is 9.53 Å². The van der Waals surface area contributed by atoms with E-state index < -0.39 is 0 Å². The van der Waals surface area contributed by atoms with Crippen LogP contribution >= 0.6 is 0 Å². The third-order valence-electron chi connectivity index (χ3n) is 4.61. The SMILES string of the molecule is CCc1ccc(C(=O)NC(=NC[C@H]2CCCO2)Nc2cccc(C)c2)cc1. The summed E-state index contributed by atoms with van der Waals surface area (Å²) in [6.45, 7) is 5.44. The lowest BCUT2D eigenvalue weighted by molar-refractivity contribution is 0.0975. The first-order valence-corrected chi connectivity index (χ1v) is 9.54. The minimum absolute atomic E-state index is 0.125. The van der Waals surface area contributed by atoms with Gasteiger partial charge in [0.05, 0.1) is 12.6 Å². The number of aryl methyl sites for hydroxylation is 2. The van der Waals surface area contributed by atoms with Gasteiger partial charge in [0.1, 0.15) is 0 Å². The van der Waals surface area contributed by atoms with Gasteiger partial charge in [-0.05, 0) is 61.6 Å². The van der Waals surface area contributed by atoms with Crippen molar-refractivity contribution in [2.45, 2.75) is 39.2 Å². The molecule has 0 aromatic heterocycles. The zero-order chi connectivity index (χ0) is 19.1. The van der Waals surface area contributed by atoms with Gasteiger partial charge in [-0.15, -0.1) is 0 Å². The van der Waals surface area contributed by atoms with Crippen molar-refractivity contribution in [2.75, 3.05) is 18.5 Å². The second kappa shape index (κ2) is 9.33. The van der Waals surface area contributed by atoms with Crippen LogP contribution in [-0.4, -0.2) is 31.1 Å². The van der Waals surface area contributed by atoms with E-state index in [9.17, 15) is 4.79 Å². The fraction of sp³-hybridized carbons (Fsp3) is 0.364. The molecule has 1 aliphatic rings. The molecule has 0 saturated carbocycles. The van der Waals surface area contributed by atoms with E-state index in [0.29, 0.717) is 18.1 Å². The molecule has 5 nitrogen and oxygen atoms in total. The van der Waals surface area contributed by atoms with E-state index >= 15 is 0 Å². The van der Waals surface area contributed by atoms with Crippen molar-refractivity contribution in [3.05, 3.63) is 65.2 Å². The summed E-state index contributed by atoms with van der Waals surface area (Å²) in [5.74, 6) is 0.268. The van der Waals surface area contributed by atoms with Crippen LogP contribution < -0.4 is 10.6 Å². The normalized spacial score (nSPS) is 17.0. The van der Waals surface area contributed by atoms with Crippen molar-refractivity contribution in [3.8, 4) is 0 Å². The average Bonchev–Trinajstić information content (AvgIpc) is 3.20. The Balaban J connectivity index is 1.73.